The van der Waals surface area contributed by atoms with Crippen molar-refractivity contribution >= 4 is 11.0 Å². The molecule has 0 aliphatic carbocycles. The first-order valence-corrected chi connectivity index (χ1v) is 7.38. The zero-order valence-corrected chi connectivity index (χ0v) is 12.0. The zero-order chi connectivity index (χ0) is 14.8. The fraction of sp³-hybridized carbons (Fsp3) is 0.0500. The van der Waals surface area contributed by atoms with Gasteiger partial charge >= 0.3 is 0 Å². The standard InChI is InChI=1S/C20H15N2/c1-3-8-15(9-4-1)19(16-10-5-2-6-11-16)17-12-7-13-18-20(17)22-14-21-18/h1-13,19H,(H,21,22). The highest BCUT2D eigenvalue weighted by Crippen LogP contribution is 2.34. The van der Waals surface area contributed by atoms with Crippen molar-refractivity contribution in [3.63, 3.8) is 0 Å². The lowest BCUT2D eigenvalue weighted by Gasteiger charge is -2.19. The molecular formula is C20H15N2. The van der Waals surface area contributed by atoms with Gasteiger partial charge in [0.1, 0.15) is 0 Å². The maximum atomic E-state index is 4.41. The van der Waals surface area contributed by atoms with Crippen LogP contribution in [0.3, 0.4) is 0 Å². The molecule has 2 heteroatoms. The normalized spacial score (nSPS) is 11.1. The summed E-state index contributed by atoms with van der Waals surface area (Å²) >= 11 is 0. The molecule has 0 amide bonds. The Hall–Kier alpha value is -2.87. The number of aromatic amines is 1. The Kier molecular flexibility index (Phi) is 3.20. The van der Waals surface area contributed by atoms with Gasteiger partial charge in [0.15, 0.2) is 6.33 Å². The van der Waals surface area contributed by atoms with Crippen LogP contribution in [-0.2, 0) is 0 Å². The molecule has 0 unspecified atom stereocenters. The van der Waals surface area contributed by atoms with Gasteiger partial charge in [-0.3, -0.25) is 0 Å². The van der Waals surface area contributed by atoms with Gasteiger partial charge in [-0.15, -0.1) is 0 Å². The van der Waals surface area contributed by atoms with Crippen molar-refractivity contribution in [2.45, 2.75) is 5.92 Å². The van der Waals surface area contributed by atoms with E-state index in [2.05, 4.69) is 89.1 Å². The number of H-pyrrole nitrogens is 1. The Labute approximate surface area is 129 Å². The van der Waals surface area contributed by atoms with Gasteiger partial charge in [-0.25, -0.2) is 4.98 Å². The summed E-state index contributed by atoms with van der Waals surface area (Å²) in [4.78, 5) is 7.49. The summed E-state index contributed by atoms with van der Waals surface area (Å²) in [7, 11) is 0. The van der Waals surface area contributed by atoms with E-state index in [9.17, 15) is 0 Å². The third kappa shape index (κ3) is 2.19. The number of fused-ring (bicyclic) bond motifs is 1. The average molecular weight is 283 g/mol. The first kappa shape index (κ1) is 12.8. The molecule has 0 saturated heterocycles. The van der Waals surface area contributed by atoms with E-state index in [4.69, 9.17) is 0 Å². The molecule has 0 saturated carbocycles. The number of rotatable bonds is 3. The molecule has 4 rings (SSSR count). The van der Waals surface area contributed by atoms with Crippen molar-refractivity contribution in [3.8, 4) is 0 Å². The molecule has 0 atom stereocenters. The smallest absolute Gasteiger partial charge is 0.174 e. The molecule has 2 nitrogen and oxygen atoms in total. The van der Waals surface area contributed by atoms with Crippen LogP contribution in [0.15, 0.2) is 78.9 Å². The van der Waals surface area contributed by atoms with Crippen LogP contribution in [0.5, 0.6) is 0 Å². The molecule has 105 valence electrons. The SMILES string of the molecule is [c]1nc2c(C(c3ccccc3)c3ccccc3)cccc2[nH]1. The molecule has 0 fully saturated rings. The third-order valence-corrected chi connectivity index (χ3v) is 4.00. The highest BCUT2D eigenvalue weighted by Gasteiger charge is 2.19. The van der Waals surface area contributed by atoms with Crippen molar-refractivity contribution < 1.29 is 0 Å². The van der Waals surface area contributed by atoms with Crippen molar-refractivity contribution in [3.05, 3.63) is 102 Å². The Morgan fingerprint density at radius 3 is 2.00 bits per heavy atom. The molecular weight excluding hydrogens is 268 g/mol. The molecule has 4 aromatic rings. The fourth-order valence-electron chi connectivity index (χ4n) is 3.01. The molecule has 22 heavy (non-hydrogen) atoms. The molecule has 1 N–H and O–H groups in total. The molecule has 0 aliphatic rings. The van der Waals surface area contributed by atoms with Crippen LogP contribution < -0.4 is 0 Å². The summed E-state index contributed by atoms with van der Waals surface area (Å²) in [5.41, 5.74) is 5.75. The van der Waals surface area contributed by atoms with E-state index >= 15 is 0 Å². The average Bonchev–Trinajstić information content (AvgIpc) is 3.07. The number of para-hydroxylation sites is 1. The lowest BCUT2D eigenvalue weighted by atomic mass is 9.84. The molecule has 0 bridgehead atoms. The van der Waals surface area contributed by atoms with Crippen molar-refractivity contribution in [2.75, 3.05) is 0 Å². The van der Waals surface area contributed by atoms with Gasteiger partial charge in [0.2, 0.25) is 0 Å². The first-order valence-electron chi connectivity index (χ1n) is 7.38. The minimum atomic E-state index is 0.169. The highest BCUT2D eigenvalue weighted by molar-refractivity contribution is 5.80. The maximum Gasteiger partial charge on any atom is 0.174 e. The maximum absolute atomic E-state index is 4.41. The molecule has 3 aromatic carbocycles. The largest absolute Gasteiger partial charge is 0.335 e. The van der Waals surface area contributed by atoms with Crippen LogP contribution in [0.1, 0.15) is 22.6 Å². The Morgan fingerprint density at radius 1 is 0.727 bits per heavy atom. The number of hydrogen-bond acceptors (Lipinski definition) is 1. The van der Waals surface area contributed by atoms with Crippen molar-refractivity contribution in [1.29, 1.82) is 0 Å². The Bertz CT molecular complexity index is 840. The van der Waals surface area contributed by atoms with Gasteiger partial charge in [0.25, 0.3) is 0 Å². The van der Waals surface area contributed by atoms with E-state index in [0.29, 0.717) is 0 Å². The Balaban J connectivity index is 1.97. The predicted molar refractivity (Wildman–Crippen MR) is 88.8 cm³/mol. The number of nitrogens with zero attached hydrogens (tertiary/aromatic N) is 1. The van der Waals surface area contributed by atoms with Gasteiger partial charge in [-0.05, 0) is 22.8 Å². The van der Waals surface area contributed by atoms with Gasteiger partial charge in [0.05, 0.1) is 11.0 Å². The molecule has 1 heterocycles. The van der Waals surface area contributed by atoms with Crippen molar-refractivity contribution in [2.24, 2.45) is 0 Å². The zero-order valence-electron chi connectivity index (χ0n) is 12.0. The van der Waals surface area contributed by atoms with Crippen LogP contribution >= 0.6 is 0 Å². The Morgan fingerprint density at radius 2 is 1.36 bits per heavy atom. The van der Waals surface area contributed by atoms with Gasteiger partial charge in [-0.1, -0.05) is 72.8 Å². The monoisotopic (exact) mass is 283 g/mol. The summed E-state index contributed by atoms with van der Waals surface area (Å²) in [6.07, 6.45) is 2.86. The molecule has 1 radical (unpaired) electrons. The topological polar surface area (TPSA) is 28.7 Å². The lowest BCUT2D eigenvalue weighted by molar-refractivity contribution is 0.985. The van der Waals surface area contributed by atoms with E-state index in [0.717, 1.165) is 11.0 Å². The van der Waals surface area contributed by atoms with E-state index in [-0.39, 0.29) is 5.92 Å². The summed E-state index contributed by atoms with van der Waals surface area (Å²) in [5, 5.41) is 0. The van der Waals surface area contributed by atoms with E-state index in [1.165, 1.54) is 16.7 Å². The number of nitrogens with one attached hydrogen (secondary N) is 1. The summed E-state index contributed by atoms with van der Waals surface area (Å²) in [5.74, 6) is 0.169. The van der Waals surface area contributed by atoms with Crippen LogP contribution in [-0.4, -0.2) is 9.97 Å². The summed E-state index contributed by atoms with van der Waals surface area (Å²) < 4.78 is 0. The summed E-state index contributed by atoms with van der Waals surface area (Å²) in [6.45, 7) is 0. The number of hydrogen-bond donors (Lipinski definition) is 1. The van der Waals surface area contributed by atoms with Gasteiger partial charge in [0, 0.05) is 5.92 Å². The van der Waals surface area contributed by atoms with Crippen LogP contribution in [0.25, 0.3) is 11.0 Å². The molecule has 0 spiro atoms. The number of benzene rings is 3. The van der Waals surface area contributed by atoms with Crippen LogP contribution in [0, 0.1) is 6.33 Å². The van der Waals surface area contributed by atoms with E-state index < -0.39 is 0 Å². The second-order valence-corrected chi connectivity index (χ2v) is 5.35. The fourth-order valence-corrected chi connectivity index (χ4v) is 3.01. The first-order chi connectivity index (χ1) is 10.9. The number of imidazole rings is 1. The lowest BCUT2D eigenvalue weighted by Crippen LogP contribution is -2.04. The minimum Gasteiger partial charge on any atom is -0.335 e. The third-order valence-electron chi connectivity index (χ3n) is 4.00. The second-order valence-electron chi connectivity index (χ2n) is 5.35. The van der Waals surface area contributed by atoms with Gasteiger partial charge in [-0.2, -0.15) is 0 Å². The molecule has 1 aromatic heterocycles. The highest BCUT2D eigenvalue weighted by atomic mass is 14.9. The minimum absolute atomic E-state index is 0.169. The quantitative estimate of drug-likeness (QED) is 0.549. The predicted octanol–water partition coefficient (Wildman–Crippen LogP) is 4.54. The molecule has 0 aliphatic heterocycles. The van der Waals surface area contributed by atoms with Crippen LogP contribution in [0.4, 0.5) is 0 Å². The number of aromatic nitrogens is 2. The van der Waals surface area contributed by atoms with Crippen LogP contribution in [0.2, 0.25) is 0 Å². The second kappa shape index (κ2) is 5.49. The van der Waals surface area contributed by atoms with Gasteiger partial charge < -0.3 is 4.98 Å². The van der Waals surface area contributed by atoms with E-state index in [1.54, 1.807) is 0 Å². The van der Waals surface area contributed by atoms with Crippen molar-refractivity contribution in [1.82, 2.24) is 9.97 Å². The van der Waals surface area contributed by atoms with E-state index in [1.807, 2.05) is 6.07 Å². The summed E-state index contributed by atoms with van der Waals surface area (Å²) in [6, 6.07) is 27.4.